The number of fused-ring (bicyclic) bond motifs is 5. The fourth-order valence-corrected chi connectivity index (χ4v) is 8.45. The number of ether oxygens (including phenoxy) is 2. The molecule has 0 aromatic carbocycles. The Bertz CT molecular complexity index is 2040. The zero-order valence-corrected chi connectivity index (χ0v) is 28.2. The quantitative estimate of drug-likeness (QED) is 0.154. The molecule has 23 nitrogen and oxygen atoms in total. The third-order valence-corrected chi connectivity index (χ3v) is 12.2. The van der Waals surface area contributed by atoms with Crippen molar-refractivity contribution in [3.05, 3.63) is 29.3 Å². The number of H-pyrrole nitrogens is 1. The zero-order chi connectivity index (χ0) is 35.0. The summed E-state index contributed by atoms with van der Waals surface area (Å²) in [5, 5.41) is 23.0. The molecule has 7 N–H and O–H groups in total. The zero-order valence-electron chi connectivity index (χ0n) is 26.4. The normalized spacial score (nSPS) is 35.8. The summed E-state index contributed by atoms with van der Waals surface area (Å²) >= 11 is 0. The van der Waals surface area contributed by atoms with E-state index in [1.165, 1.54) is 65.6 Å². The minimum Gasteiger partial charge on any atom is -0.387 e. The first kappa shape index (κ1) is 34.0. The molecular formula is C24H34N12O11P2. The molecule has 3 fully saturated rings. The topological polar surface area (TPSA) is 296 Å². The van der Waals surface area contributed by atoms with Crippen molar-refractivity contribution in [3.8, 4) is 0 Å². The Kier molecular flexibility index (Phi) is 8.61. The number of hydrogen-bond donors (Lipinski definition) is 5. The number of imidazole rings is 2. The number of nitrogens with two attached hydrogens (primary N) is 2. The minimum absolute atomic E-state index is 0.0149. The van der Waals surface area contributed by atoms with Crippen LogP contribution >= 0.6 is 15.5 Å². The second-order valence-electron chi connectivity index (χ2n) is 11.8. The maximum atomic E-state index is 14.4. The molecule has 49 heavy (non-hydrogen) atoms. The number of aliphatic hydroxyl groups is 2. The summed E-state index contributed by atoms with van der Waals surface area (Å²) in [5.74, 6) is -0.116. The smallest absolute Gasteiger partial charge is 0.387 e. The van der Waals surface area contributed by atoms with Crippen LogP contribution in [-0.4, -0.2) is 137 Å². The molecule has 4 aromatic heterocycles. The van der Waals surface area contributed by atoms with Crippen LogP contribution in [0.5, 0.6) is 0 Å². The molecule has 3 saturated heterocycles. The summed E-state index contributed by atoms with van der Waals surface area (Å²) < 4.78 is 69.8. The number of aromatic nitrogens is 8. The molecule has 7 rings (SSSR count). The predicted molar refractivity (Wildman–Crippen MR) is 166 cm³/mol. The van der Waals surface area contributed by atoms with E-state index in [0.29, 0.717) is 0 Å². The van der Waals surface area contributed by atoms with Gasteiger partial charge in [0.2, 0.25) is 5.95 Å². The third-order valence-electron chi connectivity index (χ3n) is 8.30. The SMILES string of the molecule is CN(C)P1(=O)OCC2OC(n3cnc4c(=O)[nH]c(N)nc43)C(OP(=O)(N(C)C)OCC3OC(n4cnc5c(N)ncnc54)C(O)C3O1)C2O. The molecule has 3 aliphatic rings. The van der Waals surface area contributed by atoms with Crippen molar-refractivity contribution >= 4 is 49.6 Å². The number of nitrogen functional groups attached to an aromatic ring is 2. The molecule has 25 heteroatoms. The number of anilines is 2. The fourth-order valence-electron chi connectivity index (χ4n) is 5.72. The predicted octanol–water partition coefficient (Wildman–Crippen LogP) is -1.20. The van der Waals surface area contributed by atoms with Crippen molar-refractivity contribution in [2.75, 3.05) is 52.9 Å². The Balaban J connectivity index is 1.27. The highest BCUT2D eigenvalue weighted by molar-refractivity contribution is 7.51. The van der Waals surface area contributed by atoms with Gasteiger partial charge in [0.05, 0.1) is 25.9 Å². The first-order chi connectivity index (χ1) is 23.2. The second-order valence-corrected chi connectivity index (χ2v) is 16.2. The van der Waals surface area contributed by atoms with E-state index in [0.717, 1.165) is 0 Å². The van der Waals surface area contributed by atoms with E-state index in [2.05, 4.69) is 29.9 Å². The highest BCUT2D eigenvalue weighted by Crippen LogP contribution is 2.58. The largest absolute Gasteiger partial charge is 0.408 e. The van der Waals surface area contributed by atoms with Crippen molar-refractivity contribution in [2.24, 2.45) is 0 Å². The van der Waals surface area contributed by atoms with Crippen molar-refractivity contribution in [1.29, 1.82) is 0 Å². The molecule has 0 aliphatic carbocycles. The second kappa shape index (κ2) is 12.4. The maximum Gasteiger partial charge on any atom is 0.408 e. The lowest BCUT2D eigenvalue weighted by atomic mass is 10.1. The lowest BCUT2D eigenvalue weighted by molar-refractivity contribution is -0.0637. The van der Waals surface area contributed by atoms with Gasteiger partial charge in [-0.3, -0.25) is 37.0 Å². The summed E-state index contributed by atoms with van der Waals surface area (Å²) in [5.41, 5.74) is 11.5. The third kappa shape index (κ3) is 5.74. The summed E-state index contributed by atoms with van der Waals surface area (Å²) in [6.07, 6.45) is -7.18. The number of nitrogens with zero attached hydrogens (tertiary/aromatic N) is 9. The van der Waals surface area contributed by atoms with Gasteiger partial charge in [-0.1, -0.05) is 0 Å². The molecule has 0 saturated carbocycles. The van der Waals surface area contributed by atoms with Crippen molar-refractivity contribution < 1.29 is 46.9 Å². The Labute approximate surface area is 276 Å². The molecule has 2 bridgehead atoms. The lowest BCUT2D eigenvalue weighted by Crippen LogP contribution is -2.38. The van der Waals surface area contributed by atoms with Crippen LogP contribution < -0.4 is 17.0 Å². The fraction of sp³-hybridized carbons (Fsp3) is 0.583. The van der Waals surface area contributed by atoms with Gasteiger partial charge in [0.15, 0.2) is 35.1 Å². The highest BCUT2D eigenvalue weighted by Gasteiger charge is 2.55. The van der Waals surface area contributed by atoms with Crippen LogP contribution in [-0.2, 0) is 36.7 Å². The summed E-state index contributed by atoms with van der Waals surface area (Å²) in [4.78, 5) is 35.4. The summed E-state index contributed by atoms with van der Waals surface area (Å²) in [6, 6.07) is 0. The summed E-state index contributed by atoms with van der Waals surface area (Å²) in [7, 11) is -2.93. The van der Waals surface area contributed by atoms with Gasteiger partial charge in [0.25, 0.3) is 5.56 Å². The Morgan fingerprint density at radius 1 is 0.816 bits per heavy atom. The van der Waals surface area contributed by atoms with Gasteiger partial charge in [-0.2, -0.15) is 4.98 Å². The van der Waals surface area contributed by atoms with E-state index in [9.17, 15) is 24.1 Å². The van der Waals surface area contributed by atoms with E-state index in [-0.39, 0.29) is 34.1 Å². The molecule has 4 aromatic rings. The average molecular weight is 729 g/mol. The van der Waals surface area contributed by atoms with E-state index in [1.54, 1.807) is 0 Å². The van der Waals surface area contributed by atoms with Crippen LogP contribution in [0.15, 0.2) is 23.8 Å². The van der Waals surface area contributed by atoms with Crippen LogP contribution in [0, 0.1) is 0 Å². The minimum atomic E-state index is -4.35. The maximum absolute atomic E-state index is 14.4. The van der Waals surface area contributed by atoms with Gasteiger partial charge in [0, 0.05) is 0 Å². The Morgan fingerprint density at radius 3 is 2.08 bits per heavy atom. The first-order valence-electron chi connectivity index (χ1n) is 14.7. The highest BCUT2D eigenvalue weighted by atomic mass is 31.2. The van der Waals surface area contributed by atoms with E-state index >= 15 is 0 Å². The van der Waals surface area contributed by atoms with Gasteiger partial charge in [-0.25, -0.2) is 38.4 Å². The van der Waals surface area contributed by atoms with Crippen molar-refractivity contribution in [3.63, 3.8) is 0 Å². The van der Waals surface area contributed by atoms with Gasteiger partial charge in [-0.05, 0) is 28.2 Å². The molecule has 0 amide bonds. The van der Waals surface area contributed by atoms with Crippen LogP contribution in [0.4, 0.5) is 11.8 Å². The molecule has 10 unspecified atom stereocenters. The van der Waals surface area contributed by atoms with Gasteiger partial charge in [0.1, 0.15) is 48.5 Å². The number of rotatable bonds is 4. The molecule has 3 aliphatic heterocycles. The molecule has 266 valence electrons. The van der Waals surface area contributed by atoms with E-state index in [1.807, 2.05) is 0 Å². The number of hydrogen-bond acceptors (Lipinski definition) is 18. The first-order valence-corrected chi connectivity index (χ1v) is 17.7. The molecule has 0 radical (unpaired) electrons. The standard InChI is InChI=1S/C24H34N12O11P2/c1-33(2)48(40)42-5-10-14(37)17(23(44-10)36-9-30-13-20(36)31-24(26)32-21(13)39)47-49(41,34(3)4)43-6-11-16(46-48)15(38)22(45-11)35-8-29-12-18(25)27-7-28-19(12)35/h7-11,14-17,22-23,37-38H,5-6H2,1-4H3,(H2,25,27,28)(H3,26,31,32,39). The van der Waals surface area contributed by atoms with Gasteiger partial charge in [-0.15, -0.1) is 0 Å². The van der Waals surface area contributed by atoms with Gasteiger partial charge < -0.3 is 31.2 Å². The Hall–Kier alpha value is -3.44. The number of nitrogens with one attached hydrogen (secondary N) is 1. The lowest BCUT2D eigenvalue weighted by Gasteiger charge is -2.32. The number of aliphatic hydroxyl groups excluding tert-OH is 2. The van der Waals surface area contributed by atoms with Crippen LogP contribution in [0.25, 0.3) is 22.3 Å². The monoisotopic (exact) mass is 728 g/mol. The Morgan fingerprint density at radius 2 is 1.41 bits per heavy atom. The molecular weight excluding hydrogens is 694 g/mol. The van der Waals surface area contributed by atoms with E-state index in [4.69, 9.17) is 39.0 Å². The molecule has 0 spiro atoms. The van der Waals surface area contributed by atoms with Crippen molar-refractivity contribution in [2.45, 2.75) is 49.1 Å². The molecule has 10 atom stereocenters. The van der Waals surface area contributed by atoms with Crippen LogP contribution in [0.3, 0.4) is 0 Å². The van der Waals surface area contributed by atoms with Crippen molar-refractivity contribution in [1.82, 2.24) is 48.4 Å². The van der Waals surface area contributed by atoms with Crippen LogP contribution in [0.1, 0.15) is 12.5 Å². The van der Waals surface area contributed by atoms with Gasteiger partial charge >= 0.3 is 15.5 Å². The average Bonchev–Trinajstić information content (AvgIpc) is 3.80. The summed E-state index contributed by atoms with van der Waals surface area (Å²) in [6.45, 7) is -1.08. The van der Waals surface area contributed by atoms with E-state index < -0.39 is 83.3 Å². The van der Waals surface area contributed by atoms with Crippen LogP contribution in [0.2, 0.25) is 0 Å². The molecule has 7 heterocycles. The number of aromatic amines is 1.